The molecule has 1 fully saturated rings. The zero-order chi connectivity index (χ0) is 35.4. The summed E-state index contributed by atoms with van der Waals surface area (Å²) in [5, 5.41) is 2.64. The van der Waals surface area contributed by atoms with Gasteiger partial charge in [-0.3, -0.25) is 24.2 Å². The first-order chi connectivity index (χ1) is 22.4. The highest BCUT2D eigenvalue weighted by atomic mass is 32.2. The van der Waals surface area contributed by atoms with Crippen molar-refractivity contribution in [1.29, 1.82) is 0 Å². The van der Waals surface area contributed by atoms with Gasteiger partial charge in [0, 0.05) is 45.1 Å². The maximum Gasteiger partial charge on any atom is 0.416 e. The van der Waals surface area contributed by atoms with E-state index < -0.39 is 51.3 Å². The minimum absolute atomic E-state index is 0. The molecule has 2 aromatic carbocycles. The third kappa shape index (κ3) is 9.82. The number of sulfonamides is 1. The maximum absolute atomic E-state index is 13.3. The number of hydrogen-bond donors (Lipinski definition) is 1. The summed E-state index contributed by atoms with van der Waals surface area (Å²) in [4.78, 5) is 54.1. The molecule has 2 amide bonds. The first-order valence-corrected chi connectivity index (χ1v) is 16.8. The molecular formula is C32H39F3N4O8S2. The van der Waals surface area contributed by atoms with Crippen LogP contribution in [-0.2, 0) is 51.3 Å². The van der Waals surface area contributed by atoms with Gasteiger partial charge >= 0.3 is 18.1 Å². The molecule has 0 saturated carbocycles. The first-order valence-electron chi connectivity index (χ1n) is 15.2. The van der Waals surface area contributed by atoms with Gasteiger partial charge < -0.3 is 19.7 Å². The molecule has 268 valence electrons. The van der Waals surface area contributed by atoms with E-state index in [0.717, 1.165) is 23.3 Å². The van der Waals surface area contributed by atoms with Gasteiger partial charge in [0.2, 0.25) is 15.9 Å². The Kier molecular flexibility index (Phi) is 12.7. The van der Waals surface area contributed by atoms with Gasteiger partial charge in [-0.25, -0.2) is 12.7 Å². The summed E-state index contributed by atoms with van der Waals surface area (Å²) in [5.41, 5.74) is 0.239. The van der Waals surface area contributed by atoms with Crippen LogP contribution in [0.15, 0.2) is 47.5 Å². The van der Waals surface area contributed by atoms with Gasteiger partial charge in [-0.1, -0.05) is 18.2 Å². The highest BCUT2D eigenvalue weighted by molar-refractivity contribution is 7.89. The average Bonchev–Trinajstić information content (AvgIpc) is 3.32. The highest BCUT2D eigenvalue weighted by Gasteiger charge is 2.47. The maximum atomic E-state index is 13.3. The lowest BCUT2D eigenvalue weighted by Crippen LogP contribution is -2.50. The van der Waals surface area contributed by atoms with Crippen LogP contribution in [0.4, 0.5) is 18.9 Å². The third-order valence-corrected chi connectivity index (χ3v) is 10.1. The fourth-order valence-electron chi connectivity index (χ4n) is 5.63. The molecule has 2 aliphatic heterocycles. The summed E-state index contributed by atoms with van der Waals surface area (Å²) in [7, 11) is -3.73. The van der Waals surface area contributed by atoms with Crippen LogP contribution in [0, 0.1) is 6.92 Å². The third-order valence-electron chi connectivity index (χ3n) is 8.25. The Morgan fingerprint density at radius 3 is 2.20 bits per heavy atom. The molecule has 1 N–H and O–H groups in total. The van der Waals surface area contributed by atoms with Gasteiger partial charge in [0.05, 0.1) is 17.9 Å². The SMILES string of the molecule is CC(=O)OC[C@H](CN(C(C)=O)c1ccc(CCS(=O)(=O)N2CCC3(CC2)N=C(c2ccc(C(F)(F)F)cc2)NC3=O)c(C)c1)OC(C)=O.S. The van der Waals surface area contributed by atoms with E-state index >= 15 is 0 Å². The molecule has 4 rings (SSSR count). The number of nitrogens with zero attached hydrogens (tertiary/aromatic N) is 3. The molecule has 0 unspecified atom stereocenters. The molecule has 17 heteroatoms. The summed E-state index contributed by atoms with van der Waals surface area (Å²) in [6, 6.07) is 9.38. The Hall–Kier alpha value is -3.96. The minimum atomic E-state index is -4.50. The van der Waals surface area contributed by atoms with Crippen molar-refractivity contribution in [2.24, 2.45) is 4.99 Å². The lowest BCUT2D eigenvalue weighted by atomic mass is 9.89. The molecule has 12 nitrogen and oxygen atoms in total. The number of aliphatic imine (C=N–C) groups is 1. The van der Waals surface area contributed by atoms with E-state index in [1.54, 1.807) is 25.1 Å². The van der Waals surface area contributed by atoms with Gasteiger partial charge in [-0.05, 0) is 61.6 Å². The summed E-state index contributed by atoms with van der Waals surface area (Å²) in [6.45, 7) is 5.32. The number of esters is 2. The summed E-state index contributed by atoms with van der Waals surface area (Å²) < 4.78 is 76.9. The van der Waals surface area contributed by atoms with Gasteiger partial charge in [-0.2, -0.15) is 26.7 Å². The van der Waals surface area contributed by atoms with Crippen LogP contribution >= 0.6 is 13.5 Å². The van der Waals surface area contributed by atoms with Crippen LogP contribution in [0.1, 0.15) is 55.9 Å². The molecule has 49 heavy (non-hydrogen) atoms. The normalized spacial score (nSPS) is 16.6. The van der Waals surface area contributed by atoms with Crippen molar-refractivity contribution in [2.75, 3.05) is 36.9 Å². The molecule has 2 aliphatic rings. The zero-order valence-electron chi connectivity index (χ0n) is 27.4. The monoisotopic (exact) mass is 728 g/mol. The van der Waals surface area contributed by atoms with E-state index in [2.05, 4.69) is 10.3 Å². The van der Waals surface area contributed by atoms with Gasteiger partial charge in [-0.15, -0.1) is 0 Å². The van der Waals surface area contributed by atoms with Crippen molar-refractivity contribution in [2.45, 2.75) is 64.8 Å². The Balaban J connectivity index is 0.00000650. The number of piperidine rings is 1. The molecule has 0 radical (unpaired) electrons. The van der Waals surface area contributed by atoms with Gasteiger partial charge in [0.15, 0.2) is 6.10 Å². The molecule has 1 spiro atoms. The van der Waals surface area contributed by atoms with Gasteiger partial charge in [0.1, 0.15) is 18.0 Å². The lowest BCUT2D eigenvalue weighted by Gasteiger charge is -2.34. The molecule has 1 saturated heterocycles. The fourth-order valence-corrected chi connectivity index (χ4v) is 7.10. The molecule has 2 aromatic rings. The predicted octanol–water partition coefficient (Wildman–Crippen LogP) is 3.26. The van der Waals surface area contributed by atoms with Crippen molar-refractivity contribution >= 4 is 58.8 Å². The van der Waals surface area contributed by atoms with Gasteiger partial charge in [0.25, 0.3) is 5.91 Å². The molecular weight excluding hydrogens is 690 g/mol. The molecule has 2 heterocycles. The number of aryl methyl sites for hydroxylation is 2. The minimum Gasteiger partial charge on any atom is -0.462 e. The lowest BCUT2D eigenvalue weighted by molar-refractivity contribution is -0.155. The van der Waals surface area contributed by atoms with Crippen LogP contribution in [0.25, 0.3) is 0 Å². The van der Waals surface area contributed by atoms with Crippen LogP contribution in [0.3, 0.4) is 0 Å². The number of amides is 2. The summed E-state index contributed by atoms with van der Waals surface area (Å²) >= 11 is 0. The number of nitrogens with one attached hydrogen (secondary N) is 1. The molecule has 0 aliphatic carbocycles. The number of benzene rings is 2. The Labute approximate surface area is 289 Å². The molecule has 1 atom stereocenters. The number of rotatable bonds is 11. The van der Waals surface area contributed by atoms with Crippen molar-refractivity contribution < 1.29 is 50.2 Å². The Bertz CT molecular complexity index is 1710. The van der Waals surface area contributed by atoms with E-state index in [-0.39, 0.29) is 76.5 Å². The van der Waals surface area contributed by atoms with Crippen molar-refractivity contribution in [3.8, 4) is 0 Å². The molecule has 0 aromatic heterocycles. The van der Waals surface area contributed by atoms with Crippen molar-refractivity contribution in [3.05, 3.63) is 64.7 Å². The van der Waals surface area contributed by atoms with Crippen molar-refractivity contribution in [3.63, 3.8) is 0 Å². The molecule has 0 bridgehead atoms. The van der Waals surface area contributed by atoms with Crippen LogP contribution in [0.5, 0.6) is 0 Å². The van der Waals surface area contributed by atoms with Crippen LogP contribution in [0.2, 0.25) is 0 Å². The second kappa shape index (κ2) is 15.7. The van der Waals surface area contributed by atoms with E-state index in [1.165, 1.54) is 42.1 Å². The standard InChI is InChI=1S/C32H37F3N4O8S.H2S/c1-20-17-27(39(21(2)40)18-28(47-23(4)42)19-46-22(3)41)10-7-24(20)11-16-48(44,45)38-14-12-31(13-15-38)30(43)36-29(37-31)25-5-8-26(9-6-25)32(33,34)35;/h5-10,17,28H,11-16,18-19H2,1-4H3,(H,36,37,43);1H2/t28-;/m0./s1. The second-order valence-electron chi connectivity index (χ2n) is 11.8. The number of anilines is 1. The summed E-state index contributed by atoms with van der Waals surface area (Å²) in [6.07, 6.45) is -4.99. The fraction of sp³-hybridized carbons (Fsp3) is 0.469. The predicted molar refractivity (Wildman–Crippen MR) is 179 cm³/mol. The number of hydrogen-bond acceptors (Lipinski definition) is 9. The largest absolute Gasteiger partial charge is 0.462 e. The average molecular weight is 729 g/mol. The van der Waals surface area contributed by atoms with E-state index in [1.807, 2.05) is 0 Å². The second-order valence-corrected chi connectivity index (χ2v) is 13.8. The Morgan fingerprint density at radius 2 is 1.67 bits per heavy atom. The van der Waals surface area contributed by atoms with Crippen molar-refractivity contribution in [1.82, 2.24) is 9.62 Å². The zero-order valence-corrected chi connectivity index (χ0v) is 29.2. The smallest absolute Gasteiger partial charge is 0.416 e. The number of carbonyl (C=O) groups excluding carboxylic acids is 4. The first kappa shape index (κ1) is 39.5. The van der Waals surface area contributed by atoms with Crippen LogP contribution in [-0.4, -0.2) is 85.9 Å². The number of alkyl halides is 3. The number of halogens is 3. The number of ether oxygens (including phenoxy) is 2. The van der Waals surface area contributed by atoms with E-state index in [4.69, 9.17) is 9.47 Å². The summed E-state index contributed by atoms with van der Waals surface area (Å²) in [5.74, 6) is -1.99. The Morgan fingerprint density at radius 1 is 1.04 bits per heavy atom. The van der Waals surface area contributed by atoms with E-state index in [9.17, 15) is 40.8 Å². The number of carbonyl (C=O) groups is 4. The quantitative estimate of drug-likeness (QED) is 0.347. The van der Waals surface area contributed by atoms with Crippen LogP contribution < -0.4 is 10.2 Å². The van der Waals surface area contributed by atoms with E-state index in [0.29, 0.717) is 11.3 Å². The highest BCUT2D eigenvalue weighted by Crippen LogP contribution is 2.33. The topological polar surface area (TPSA) is 152 Å². The number of amidine groups is 1.